The highest BCUT2D eigenvalue weighted by Crippen LogP contribution is 2.66. The molecule has 178 valence electrons. The monoisotopic (exact) mass is 458 g/mol. The fraction of sp³-hybridized carbons (Fsp3) is 0.815. The lowest BCUT2D eigenvalue weighted by molar-refractivity contribution is -0.146. The molecule has 0 aliphatic heterocycles. The molecule has 6 atom stereocenters. The third-order valence-electron chi connectivity index (χ3n) is 9.57. The van der Waals surface area contributed by atoms with Crippen molar-refractivity contribution in [1.29, 1.82) is 0 Å². The van der Waals surface area contributed by atoms with Crippen LogP contribution in [0.5, 0.6) is 0 Å². The second-order valence-electron chi connectivity index (χ2n) is 12.1. The number of hydrogen-bond acceptors (Lipinski definition) is 3. The maximum absolute atomic E-state index is 14.2. The van der Waals surface area contributed by atoms with Crippen molar-refractivity contribution < 1.29 is 9.59 Å². The first-order valence-corrected chi connectivity index (χ1v) is 13.3. The number of hydrogen-bond donors (Lipinski definition) is 1. The summed E-state index contributed by atoms with van der Waals surface area (Å²) in [6.45, 7) is 12.9. The highest BCUT2D eigenvalue weighted by atomic mass is 32.1. The van der Waals surface area contributed by atoms with E-state index in [-0.39, 0.29) is 35.1 Å². The highest BCUT2D eigenvalue weighted by molar-refractivity contribution is 7.80. The van der Waals surface area contributed by atoms with E-state index in [9.17, 15) is 9.59 Å². The van der Waals surface area contributed by atoms with Crippen LogP contribution >= 0.6 is 12.2 Å². The molecule has 0 aromatic rings. The Kier molecular flexibility index (Phi) is 6.37. The number of fused-ring (bicyclic) bond motifs is 5. The SMILES string of the molecule is CC(C)NC(=S)N(C(=O)C1CC(=O)C=C2CC[C@@H]3[C@@H](CC[C@]4(C)CCC[C@@H]34)[C@]21C)C(C)C. The Morgan fingerprint density at radius 1 is 1.12 bits per heavy atom. The van der Waals surface area contributed by atoms with E-state index >= 15 is 0 Å². The Balaban J connectivity index is 1.71. The smallest absolute Gasteiger partial charge is 0.233 e. The van der Waals surface area contributed by atoms with Crippen LogP contribution in [0.25, 0.3) is 0 Å². The van der Waals surface area contributed by atoms with Crippen molar-refractivity contribution in [3.63, 3.8) is 0 Å². The van der Waals surface area contributed by atoms with Gasteiger partial charge in [0.05, 0.1) is 5.92 Å². The summed E-state index contributed by atoms with van der Waals surface area (Å²) in [6.07, 6.45) is 10.9. The summed E-state index contributed by atoms with van der Waals surface area (Å²) < 4.78 is 0. The number of allylic oxidation sites excluding steroid dienone is 1. The Bertz CT molecular complexity index is 834. The second kappa shape index (κ2) is 8.52. The van der Waals surface area contributed by atoms with Crippen molar-refractivity contribution in [3.05, 3.63) is 11.6 Å². The van der Waals surface area contributed by atoms with E-state index in [0.29, 0.717) is 28.8 Å². The molecule has 0 heterocycles. The van der Waals surface area contributed by atoms with E-state index in [0.717, 1.165) is 12.3 Å². The van der Waals surface area contributed by atoms with Crippen LogP contribution in [0, 0.1) is 34.5 Å². The number of nitrogens with zero attached hydrogens (tertiary/aromatic N) is 1. The Morgan fingerprint density at radius 3 is 2.50 bits per heavy atom. The molecule has 0 aromatic heterocycles. The van der Waals surface area contributed by atoms with Gasteiger partial charge in [0.15, 0.2) is 10.9 Å². The zero-order valence-electron chi connectivity index (χ0n) is 20.9. The number of rotatable bonds is 3. The first kappa shape index (κ1) is 23.9. The highest BCUT2D eigenvalue weighted by Gasteiger charge is 2.60. The van der Waals surface area contributed by atoms with Crippen LogP contribution in [0.4, 0.5) is 0 Å². The molecular formula is C27H42N2O2S. The lowest BCUT2D eigenvalue weighted by Crippen LogP contribution is -2.59. The summed E-state index contributed by atoms with van der Waals surface area (Å²) in [6, 6.07) is 0.117. The predicted octanol–water partition coefficient (Wildman–Crippen LogP) is 5.65. The molecule has 5 heteroatoms. The molecule has 1 amide bonds. The minimum absolute atomic E-state index is 0.0417. The molecule has 0 radical (unpaired) electrons. The van der Waals surface area contributed by atoms with Gasteiger partial charge in [-0.05, 0) is 108 Å². The van der Waals surface area contributed by atoms with Gasteiger partial charge in [-0.1, -0.05) is 25.8 Å². The third-order valence-corrected chi connectivity index (χ3v) is 9.89. The minimum Gasteiger partial charge on any atom is -0.360 e. The molecule has 1 unspecified atom stereocenters. The van der Waals surface area contributed by atoms with Crippen LogP contribution in [0.2, 0.25) is 0 Å². The quantitative estimate of drug-likeness (QED) is 0.555. The molecule has 0 saturated heterocycles. The van der Waals surface area contributed by atoms with Crippen LogP contribution < -0.4 is 5.32 Å². The lowest BCUT2D eigenvalue weighted by atomic mass is 9.45. The van der Waals surface area contributed by atoms with Gasteiger partial charge in [0.25, 0.3) is 0 Å². The molecule has 3 saturated carbocycles. The van der Waals surface area contributed by atoms with E-state index in [2.05, 4.69) is 19.2 Å². The second-order valence-corrected chi connectivity index (χ2v) is 12.5. The number of ketones is 1. The van der Waals surface area contributed by atoms with Gasteiger partial charge in [0.2, 0.25) is 5.91 Å². The van der Waals surface area contributed by atoms with Crippen molar-refractivity contribution in [2.24, 2.45) is 34.5 Å². The van der Waals surface area contributed by atoms with Crippen molar-refractivity contribution in [3.8, 4) is 0 Å². The number of amides is 1. The van der Waals surface area contributed by atoms with Crippen LogP contribution in [0.15, 0.2) is 11.6 Å². The van der Waals surface area contributed by atoms with Gasteiger partial charge in [-0.3, -0.25) is 14.5 Å². The summed E-state index contributed by atoms with van der Waals surface area (Å²) >= 11 is 5.67. The van der Waals surface area contributed by atoms with Gasteiger partial charge in [0.1, 0.15) is 0 Å². The molecule has 0 bridgehead atoms. The largest absolute Gasteiger partial charge is 0.360 e. The zero-order valence-corrected chi connectivity index (χ0v) is 21.7. The van der Waals surface area contributed by atoms with Crippen LogP contribution in [0.3, 0.4) is 0 Å². The van der Waals surface area contributed by atoms with Crippen LogP contribution in [-0.2, 0) is 9.59 Å². The minimum atomic E-state index is -0.317. The molecule has 32 heavy (non-hydrogen) atoms. The van der Waals surface area contributed by atoms with E-state index in [1.165, 1.54) is 44.1 Å². The third kappa shape index (κ3) is 3.76. The van der Waals surface area contributed by atoms with E-state index in [1.807, 2.05) is 33.8 Å². The summed E-state index contributed by atoms with van der Waals surface area (Å²) in [4.78, 5) is 28.7. The maximum Gasteiger partial charge on any atom is 0.233 e. The molecule has 0 aromatic carbocycles. The standard InChI is InChI=1S/C27H42N2O2S/c1-16(2)28-25(32)29(17(3)4)24(31)23-15-19(30)14-18-9-10-20-21-8-7-12-26(21,5)13-11-22(20)27(18,23)6/h14,16-17,20-23H,7-13,15H2,1-6H3,(H,28,32)/t20-,21-,22+,23?,26-,27-/m0/s1. The van der Waals surface area contributed by atoms with E-state index < -0.39 is 0 Å². The summed E-state index contributed by atoms with van der Waals surface area (Å²) in [7, 11) is 0. The Morgan fingerprint density at radius 2 is 1.84 bits per heavy atom. The van der Waals surface area contributed by atoms with Gasteiger partial charge in [-0.25, -0.2) is 0 Å². The molecule has 4 nitrogen and oxygen atoms in total. The average Bonchev–Trinajstić information content (AvgIpc) is 3.09. The van der Waals surface area contributed by atoms with E-state index in [4.69, 9.17) is 12.2 Å². The van der Waals surface area contributed by atoms with E-state index in [1.54, 1.807) is 4.90 Å². The van der Waals surface area contributed by atoms with Gasteiger partial charge >= 0.3 is 0 Å². The molecule has 4 aliphatic carbocycles. The molecular weight excluding hydrogens is 416 g/mol. The Hall–Kier alpha value is -1.23. The number of carbonyl (C=O) groups is 2. The maximum atomic E-state index is 14.2. The molecule has 4 rings (SSSR count). The summed E-state index contributed by atoms with van der Waals surface area (Å²) in [5.74, 6) is 1.78. The fourth-order valence-electron chi connectivity index (χ4n) is 8.05. The molecule has 4 aliphatic rings. The normalized spacial score (nSPS) is 38.6. The van der Waals surface area contributed by atoms with Crippen molar-refractivity contribution in [2.75, 3.05) is 0 Å². The number of nitrogens with one attached hydrogen (secondary N) is 1. The van der Waals surface area contributed by atoms with Gasteiger partial charge in [0, 0.05) is 23.9 Å². The van der Waals surface area contributed by atoms with Crippen molar-refractivity contribution in [1.82, 2.24) is 10.2 Å². The average molecular weight is 459 g/mol. The predicted molar refractivity (Wildman–Crippen MR) is 133 cm³/mol. The summed E-state index contributed by atoms with van der Waals surface area (Å²) in [5.41, 5.74) is 1.48. The number of carbonyl (C=O) groups excluding carboxylic acids is 2. The topological polar surface area (TPSA) is 49.4 Å². The molecule has 3 fully saturated rings. The zero-order chi connectivity index (χ0) is 23.4. The van der Waals surface area contributed by atoms with Gasteiger partial charge < -0.3 is 5.32 Å². The first-order valence-electron chi connectivity index (χ1n) is 12.9. The fourth-order valence-corrected chi connectivity index (χ4v) is 8.59. The van der Waals surface area contributed by atoms with Gasteiger partial charge in [-0.15, -0.1) is 0 Å². The number of thiocarbonyl (C=S) groups is 1. The van der Waals surface area contributed by atoms with Crippen molar-refractivity contribution in [2.45, 2.75) is 105 Å². The first-order chi connectivity index (χ1) is 15.0. The summed E-state index contributed by atoms with van der Waals surface area (Å²) in [5, 5.41) is 3.76. The Labute approximate surface area is 200 Å². The molecule has 0 spiro atoms. The van der Waals surface area contributed by atoms with Crippen LogP contribution in [0.1, 0.15) is 92.9 Å². The molecule has 1 N–H and O–H groups in total. The van der Waals surface area contributed by atoms with Crippen molar-refractivity contribution >= 4 is 29.0 Å². The lowest BCUT2D eigenvalue weighted by Gasteiger charge is -2.59. The van der Waals surface area contributed by atoms with Crippen LogP contribution in [-0.4, -0.2) is 33.8 Å². The van der Waals surface area contributed by atoms with Gasteiger partial charge in [-0.2, -0.15) is 0 Å².